The number of alkyl halides is 1. The van der Waals surface area contributed by atoms with E-state index < -0.39 is 28.7 Å². The molecular weight excluding hydrogens is 554 g/mol. The van der Waals surface area contributed by atoms with Crippen LogP contribution in [-0.4, -0.2) is 67.8 Å². The van der Waals surface area contributed by atoms with Crippen LogP contribution >= 0.6 is 27.7 Å². The number of hydrogen-bond donors (Lipinski definition) is 3. The third-order valence-corrected chi connectivity index (χ3v) is 11.2. The SMILES string of the molecule is CCCCCNC(=O)C1N([C@@H](CO)CC(C)C)C(=O)[C@@H]2[C@H](C(=O)NCc3ccccc3)[C@H]3SC12CC3Br. The molecule has 0 saturated carbocycles. The van der Waals surface area contributed by atoms with Crippen molar-refractivity contribution in [3.63, 3.8) is 0 Å². The fourth-order valence-corrected chi connectivity index (χ4v) is 10.1. The lowest BCUT2D eigenvalue weighted by molar-refractivity contribution is -0.143. The molecule has 0 aliphatic carbocycles. The molecule has 3 amide bonds. The normalized spacial score (nSPS) is 31.0. The summed E-state index contributed by atoms with van der Waals surface area (Å²) in [5, 5.41) is 16.4. The molecule has 3 heterocycles. The molecule has 3 aliphatic heterocycles. The molecule has 7 atom stereocenters. The predicted octanol–water partition coefficient (Wildman–Crippen LogP) is 3.48. The number of hydrogen-bond acceptors (Lipinski definition) is 5. The third-order valence-electron chi connectivity index (χ3n) is 8.01. The molecule has 3 unspecified atom stereocenters. The Hall–Kier alpha value is -1.58. The highest BCUT2D eigenvalue weighted by molar-refractivity contribution is 9.09. The zero-order valence-electron chi connectivity index (χ0n) is 22.0. The van der Waals surface area contributed by atoms with Gasteiger partial charge in [-0.1, -0.05) is 79.9 Å². The first-order valence-corrected chi connectivity index (χ1v) is 15.4. The van der Waals surface area contributed by atoms with Crippen LogP contribution in [0.15, 0.2) is 30.3 Å². The van der Waals surface area contributed by atoms with E-state index in [9.17, 15) is 19.5 Å². The number of halogens is 1. The van der Waals surface area contributed by atoms with Crippen LogP contribution in [0, 0.1) is 17.8 Å². The van der Waals surface area contributed by atoms with Gasteiger partial charge >= 0.3 is 0 Å². The Labute approximate surface area is 233 Å². The number of fused-ring (bicyclic) bond motifs is 1. The highest BCUT2D eigenvalue weighted by Crippen LogP contribution is 2.68. The Morgan fingerprint density at radius 1 is 1.19 bits per heavy atom. The molecule has 3 N–H and O–H groups in total. The number of carbonyl (C=O) groups excluding carboxylic acids is 3. The van der Waals surface area contributed by atoms with Gasteiger partial charge < -0.3 is 20.6 Å². The molecule has 4 rings (SSSR count). The molecule has 2 bridgehead atoms. The molecule has 204 valence electrons. The standard InChI is InChI=1S/C28H40BrN3O4S/c1-4-5-9-12-30-26(35)24-28-14-20(29)23(37-28)21(25(34)31-15-18-10-7-6-8-11-18)22(28)27(36)32(24)19(16-33)13-17(2)3/h6-8,10-11,17,19-24,33H,4-5,9,12-16H2,1-3H3,(H,30,35)(H,31,34)/t19-,20?,21+,22+,23+,24?,28?/m1/s1. The van der Waals surface area contributed by atoms with Gasteiger partial charge in [0.1, 0.15) is 6.04 Å². The Morgan fingerprint density at radius 3 is 2.57 bits per heavy atom. The van der Waals surface area contributed by atoms with Gasteiger partial charge in [-0.05, 0) is 30.7 Å². The molecule has 1 aromatic carbocycles. The van der Waals surface area contributed by atoms with Crippen LogP contribution in [0.3, 0.4) is 0 Å². The average molecular weight is 595 g/mol. The molecule has 7 nitrogen and oxygen atoms in total. The van der Waals surface area contributed by atoms with Crippen LogP contribution in [0.4, 0.5) is 0 Å². The molecule has 3 saturated heterocycles. The van der Waals surface area contributed by atoms with Crippen LogP contribution in [-0.2, 0) is 20.9 Å². The van der Waals surface area contributed by atoms with Crippen molar-refractivity contribution in [2.24, 2.45) is 17.8 Å². The van der Waals surface area contributed by atoms with Crippen molar-refractivity contribution in [2.75, 3.05) is 13.2 Å². The first kappa shape index (κ1) is 28.4. The Morgan fingerprint density at radius 2 is 1.92 bits per heavy atom. The van der Waals surface area contributed by atoms with E-state index in [0.717, 1.165) is 24.8 Å². The molecule has 37 heavy (non-hydrogen) atoms. The van der Waals surface area contributed by atoms with Gasteiger partial charge in [-0.3, -0.25) is 14.4 Å². The third kappa shape index (κ3) is 5.46. The number of aliphatic hydroxyl groups excluding tert-OH is 1. The highest BCUT2D eigenvalue weighted by atomic mass is 79.9. The summed E-state index contributed by atoms with van der Waals surface area (Å²) in [7, 11) is 0. The maximum Gasteiger partial charge on any atom is 0.244 e. The van der Waals surface area contributed by atoms with Crippen molar-refractivity contribution in [1.82, 2.24) is 15.5 Å². The van der Waals surface area contributed by atoms with Crippen LogP contribution in [0.25, 0.3) is 0 Å². The van der Waals surface area contributed by atoms with Crippen molar-refractivity contribution in [3.8, 4) is 0 Å². The first-order chi connectivity index (χ1) is 17.7. The predicted molar refractivity (Wildman–Crippen MR) is 150 cm³/mol. The molecular formula is C28H40BrN3O4S. The number of rotatable bonds is 12. The van der Waals surface area contributed by atoms with E-state index in [2.05, 4.69) is 47.3 Å². The summed E-state index contributed by atoms with van der Waals surface area (Å²) in [6.45, 7) is 6.98. The largest absolute Gasteiger partial charge is 0.394 e. The topological polar surface area (TPSA) is 98.7 Å². The second-order valence-corrected chi connectivity index (χ2v) is 13.8. The maximum absolute atomic E-state index is 14.2. The summed E-state index contributed by atoms with van der Waals surface area (Å²) in [4.78, 5) is 43.2. The molecule has 3 fully saturated rings. The molecule has 3 aliphatic rings. The quantitative estimate of drug-likeness (QED) is 0.254. The number of likely N-dealkylation sites (tertiary alicyclic amines) is 1. The van der Waals surface area contributed by atoms with Crippen molar-refractivity contribution in [2.45, 2.75) is 86.3 Å². The van der Waals surface area contributed by atoms with Gasteiger partial charge in [0, 0.05) is 23.2 Å². The number of nitrogens with zero attached hydrogens (tertiary/aromatic N) is 1. The monoisotopic (exact) mass is 593 g/mol. The van der Waals surface area contributed by atoms with Crippen molar-refractivity contribution in [1.29, 1.82) is 0 Å². The number of nitrogens with one attached hydrogen (secondary N) is 2. The number of amides is 3. The Kier molecular flexibility index (Phi) is 9.28. The van der Waals surface area contributed by atoms with Gasteiger partial charge in [0.2, 0.25) is 17.7 Å². The number of aliphatic hydroxyl groups is 1. The molecule has 0 aromatic heterocycles. The second-order valence-electron chi connectivity index (χ2n) is 11.1. The maximum atomic E-state index is 14.2. The van der Waals surface area contributed by atoms with Gasteiger partial charge in [0.05, 0.1) is 29.2 Å². The summed E-state index contributed by atoms with van der Waals surface area (Å²) in [5.41, 5.74) is 0.998. The van der Waals surface area contributed by atoms with Crippen LogP contribution < -0.4 is 10.6 Å². The molecule has 1 aromatic rings. The van der Waals surface area contributed by atoms with Crippen LogP contribution in [0.5, 0.6) is 0 Å². The van der Waals surface area contributed by atoms with Gasteiger partial charge in [-0.15, -0.1) is 11.8 Å². The van der Waals surface area contributed by atoms with E-state index in [1.54, 1.807) is 16.7 Å². The lowest BCUT2D eigenvalue weighted by Crippen LogP contribution is -2.57. The van der Waals surface area contributed by atoms with Gasteiger partial charge in [-0.25, -0.2) is 0 Å². The minimum absolute atomic E-state index is 0.0297. The molecule has 1 spiro atoms. The van der Waals surface area contributed by atoms with Crippen molar-refractivity contribution >= 4 is 45.4 Å². The lowest BCUT2D eigenvalue weighted by atomic mass is 9.70. The van der Waals surface area contributed by atoms with E-state index in [0.29, 0.717) is 25.9 Å². The molecule has 9 heteroatoms. The van der Waals surface area contributed by atoms with E-state index in [4.69, 9.17) is 0 Å². The lowest BCUT2D eigenvalue weighted by Gasteiger charge is -2.37. The van der Waals surface area contributed by atoms with E-state index in [-0.39, 0.29) is 40.3 Å². The average Bonchev–Trinajstić information content (AvgIpc) is 3.47. The van der Waals surface area contributed by atoms with E-state index >= 15 is 0 Å². The summed E-state index contributed by atoms with van der Waals surface area (Å²) in [6, 6.07) is 8.57. The minimum atomic E-state index is -0.704. The number of thioether (sulfide) groups is 1. The van der Waals surface area contributed by atoms with Gasteiger partial charge in [0.15, 0.2) is 0 Å². The Balaban J connectivity index is 1.64. The summed E-state index contributed by atoms with van der Waals surface area (Å²) in [5.74, 6) is -1.33. The Bertz CT molecular complexity index is 979. The first-order valence-electron chi connectivity index (χ1n) is 13.6. The zero-order chi connectivity index (χ0) is 26.7. The van der Waals surface area contributed by atoms with Gasteiger partial charge in [-0.2, -0.15) is 0 Å². The summed E-state index contributed by atoms with van der Waals surface area (Å²) < 4.78 is -0.691. The van der Waals surface area contributed by atoms with Crippen molar-refractivity contribution in [3.05, 3.63) is 35.9 Å². The fraction of sp³-hybridized carbons (Fsp3) is 0.679. The molecule has 0 radical (unpaired) electrons. The van der Waals surface area contributed by atoms with E-state index in [1.807, 2.05) is 30.3 Å². The number of carbonyl (C=O) groups is 3. The zero-order valence-corrected chi connectivity index (χ0v) is 24.4. The highest BCUT2D eigenvalue weighted by Gasteiger charge is 2.76. The van der Waals surface area contributed by atoms with Crippen molar-refractivity contribution < 1.29 is 19.5 Å². The second kappa shape index (κ2) is 12.1. The summed E-state index contributed by atoms with van der Waals surface area (Å²) >= 11 is 5.44. The van der Waals surface area contributed by atoms with Crippen LogP contribution in [0.1, 0.15) is 58.4 Å². The van der Waals surface area contributed by atoms with Crippen LogP contribution in [0.2, 0.25) is 0 Å². The number of unbranched alkanes of at least 4 members (excludes halogenated alkanes) is 2. The number of benzene rings is 1. The smallest absolute Gasteiger partial charge is 0.244 e. The minimum Gasteiger partial charge on any atom is -0.394 e. The van der Waals surface area contributed by atoms with E-state index in [1.165, 1.54) is 0 Å². The summed E-state index contributed by atoms with van der Waals surface area (Å²) in [6.07, 6.45) is 4.21. The fourth-order valence-electron chi connectivity index (χ4n) is 6.47. The van der Waals surface area contributed by atoms with Gasteiger partial charge in [0.25, 0.3) is 0 Å².